The Morgan fingerprint density at radius 3 is 2.52 bits per heavy atom. The van der Waals surface area contributed by atoms with Crippen molar-refractivity contribution in [3.05, 3.63) is 59.1 Å². The number of carbonyl (C=O) groups excluding carboxylic acids is 2. The van der Waals surface area contributed by atoms with Gasteiger partial charge in [-0.15, -0.1) is 11.8 Å². The zero-order valence-electron chi connectivity index (χ0n) is 13.7. The lowest BCUT2D eigenvalue weighted by atomic mass is 10.2. The average Bonchev–Trinajstić information content (AvgIpc) is 2.63. The molecule has 0 fully saturated rings. The van der Waals surface area contributed by atoms with Gasteiger partial charge in [0.1, 0.15) is 5.75 Å². The predicted molar refractivity (Wildman–Crippen MR) is 101 cm³/mol. The number of anilines is 1. The van der Waals surface area contributed by atoms with Gasteiger partial charge in [-0.3, -0.25) is 4.79 Å². The molecular formula is C18H18ClNO4S. The van der Waals surface area contributed by atoms with Gasteiger partial charge in [0.25, 0.3) is 0 Å². The van der Waals surface area contributed by atoms with Crippen LogP contribution in [-0.4, -0.2) is 37.1 Å². The quantitative estimate of drug-likeness (QED) is 0.557. The highest BCUT2D eigenvalue weighted by molar-refractivity contribution is 7.99. The van der Waals surface area contributed by atoms with Crippen LogP contribution in [-0.2, 0) is 9.53 Å². The van der Waals surface area contributed by atoms with Crippen molar-refractivity contribution in [3.63, 3.8) is 0 Å². The van der Waals surface area contributed by atoms with Crippen LogP contribution in [0.2, 0.25) is 5.02 Å². The van der Waals surface area contributed by atoms with Gasteiger partial charge in [0.15, 0.2) is 0 Å². The molecule has 2 aromatic carbocycles. The van der Waals surface area contributed by atoms with E-state index in [-0.39, 0.29) is 5.91 Å². The van der Waals surface area contributed by atoms with Gasteiger partial charge in [-0.25, -0.2) is 4.79 Å². The molecule has 5 nitrogen and oxygen atoms in total. The summed E-state index contributed by atoms with van der Waals surface area (Å²) in [5, 5.41) is 3.34. The number of ether oxygens (including phenoxy) is 2. The van der Waals surface area contributed by atoms with Gasteiger partial charge in [0, 0.05) is 11.4 Å². The highest BCUT2D eigenvalue weighted by Crippen LogP contribution is 2.23. The van der Waals surface area contributed by atoms with Crippen LogP contribution in [0.5, 0.6) is 5.75 Å². The molecule has 0 unspecified atom stereocenters. The Bertz CT molecular complexity index is 721. The number of nitrogens with one attached hydrogen (secondary N) is 1. The summed E-state index contributed by atoms with van der Waals surface area (Å²) in [6.45, 7) is 0.468. The van der Waals surface area contributed by atoms with Gasteiger partial charge in [0.2, 0.25) is 5.91 Å². The second-order valence-corrected chi connectivity index (χ2v) is 6.46. The van der Waals surface area contributed by atoms with Gasteiger partial charge in [-0.2, -0.15) is 0 Å². The fourth-order valence-corrected chi connectivity index (χ4v) is 2.74. The highest BCUT2D eigenvalue weighted by Gasteiger charge is 2.07. The van der Waals surface area contributed by atoms with Crippen LogP contribution < -0.4 is 10.1 Å². The Morgan fingerprint density at radius 2 is 1.84 bits per heavy atom. The minimum absolute atomic E-state index is 0.117. The number of hydrogen-bond donors (Lipinski definition) is 1. The van der Waals surface area contributed by atoms with E-state index >= 15 is 0 Å². The van der Waals surface area contributed by atoms with Crippen LogP contribution in [0.4, 0.5) is 5.69 Å². The topological polar surface area (TPSA) is 64.6 Å². The van der Waals surface area contributed by atoms with E-state index in [0.29, 0.717) is 40.1 Å². The van der Waals surface area contributed by atoms with Gasteiger partial charge in [0.05, 0.1) is 30.1 Å². The Balaban J connectivity index is 1.67. The van der Waals surface area contributed by atoms with Gasteiger partial charge in [-0.1, -0.05) is 23.7 Å². The van der Waals surface area contributed by atoms with Gasteiger partial charge < -0.3 is 14.8 Å². The second kappa shape index (κ2) is 9.96. The molecule has 132 valence electrons. The number of hydrogen-bond acceptors (Lipinski definition) is 5. The number of benzene rings is 2. The molecule has 0 saturated heterocycles. The third-order valence-electron chi connectivity index (χ3n) is 3.14. The minimum Gasteiger partial charge on any atom is -0.491 e. The molecule has 2 aromatic rings. The first-order valence-electron chi connectivity index (χ1n) is 7.53. The number of thioether (sulfide) groups is 1. The molecule has 2 rings (SSSR count). The van der Waals surface area contributed by atoms with Crippen LogP contribution in [0.15, 0.2) is 48.5 Å². The third kappa shape index (κ3) is 6.32. The summed E-state index contributed by atoms with van der Waals surface area (Å²) in [7, 11) is 1.32. The fourth-order valence-electron chi connectivity index (χ4n) is 1.94. The standard InChI is InChI=1S/C18H18ClNO4S/c1-23-18(22)13-6-8-14(9-7-13)20-17(21)12-25-11-10-24-16-5-3-2-4-15(16)19/h2-9H,10-12H2,1H3,(H,20,21). The first-order valence-corrected chi connectivity index (χ1v) is 9.06. The molecule has 0 radical (unpaired) electrons. The third-order valence-corrected chi connectivity index (χ3v) is 4.38. The van der Waals surface area contributed by atoms with Crippen molar-refractivity contribution in [3.8, 4) is 5.75 Å². The van der Waals surface area contributed by atoms with Gasteiger partial charge >= 0.3 is 5.97 Å². The van der Waals surface area contributed by atoms with E-state index in [9.17, 15) is 9.59 Å². The van der Waals surface area contributed by atoms with Crippen molar-refractivity contribution in [1.82, 2.24) is 0 Å². The molecule has 25 heavy (non-hydrogen) atoms. The number of para-hydroxylation sites is 1. The molecule has 0 aromatic heterocycles. The summed E-state index contributed by atoms with van der Waals surface area (Å²) < 4.78 is 10.2. The first-order chi connectivity index (χ1) is 12.1. The number of carbonyl (C=O) groups is 2. The largest absolute Gasteiger partial charge is 0.491 e. The molecule has 0 spiro atoms. The number of rotatable bonds is 8. The molecule has 0 heterocycles. The molecule has 0 aliphatic heterocycles. The van der Waals surface area contributed by atoms with Crippen molar-refractivity contribution in [2.45, 2.75) is 0 Å². The van der Waals surface area contributed by atoms with E-state index in [4.69, 9.17) is 16.3 Å². The SMILES string of the molecule is COC(=O)c1ccc(NC(=O)CSCCOc2ccccc2Cl)cc1. The molecule has 0 atom stereocenters. The average molecular weight is 380 g/mol. The van der Waals surface area contributed by atoms with Crippen molar-refractivity contribution in [2.24, 2.45) is 0 Å². The summed E-state index contributed by atoms with van der Waals surface area (Å²) in [5.41, 5.74) is 1.07. The second-order valence-electron chi connectivity index (χ2n) is 4.95. The van der Waals surface area contributed by atoms with Crippen LogP contribution in [0.3, 0.4) is 0 Å². The Morgan fingerprint density at radius 1 is 1.12 bits per heavy atom. The van der Waals surface area contributed by atoms with Crippen LogP contribution in [0, 0.1) is 0 Å². The molecule has 1 N–H and O–H groups in total. The molecule has 0 saturated carbocycles. The summed E-state index contributed by atoms with van der Waals surface area (Å²) >= 11 is 7.46. The van der Waals surface area contributed by atoms with E-state index in [1.54, 1.807) is 36.4 Å². The predicted octanol–water partition coefficient (Wildman–Crippen LogP) is 3.88. The minimum atomic E-state index is -0.410. The van der Waals surface area contributed by atoms with Crippen molar-refractivity contribution in [1.29, 1.82) is 0 Å². The monoisotopic (exact) mass is 379 g/mol. The maximum atomic E-state index is 11.9. The lowest BCUT2D eigenvalue weighted by Gasteiger charge is -2.08. The van der Waals surface area contributed by atoms with E-state index in [1.165, 1.54) is 18.9 Å². The van der Waals surface area contributed by atoms with Crippen molar-refractivity contribution < 1.29 is 19.1 Å². The Hall–Kier alpha value is -2.18. The van der Waals surface area contributed by atoms with Crippen LogP contribution in [0.25, 0.3) is 0 Å². The lowest BCUT2D eigenvalue weighted by Crippen LogP contribution is -2.15. The zero-order valence-corrected chi connectivity index (χ0v) is 15.2. The highest BCUT2D eigenvalue weighted by atomic mass is 35.5. The number of esters is 1. The molecular weight excluding hydrogens is 362 g/mol. The molecule has 0 bridgehead atoms. The molecule has 1 amide bonds. The van der Waals surface area contributed by atoms with E-state index in [2.05, 4.69) is 10.1 Å². The molecule has 0 aliphatic carbocycles. The van der Waals surface area contributed by atoms with Crippen molar-refractivity contribution in [2.75, 3.05) is 30.5 Å². The van der Waals surface area contributed by atoms with Crippen molar-refractivity contribution >= 4 is 40.9 Å². The smallest absolute Gasteiger partial charge is 0.337 e. The van der Waals surface area contributed by atoms with Crippen LogP contribution >= 0.6 is 23.4 Å². The first kappa shape index (κ1) is 19.1. The summed E-state index contributed by atoms with van der Waals surface area (Å²) in [6.07, 6.45) is 0. The van der Waals surface area contributed by atoms with E-state index < -0.39 is 5.97 Å². The summed E-state index contributed by atoms with van der Waals surface area (Å²) in [5.74, 6) is 1.09. The van der Waals surface area contributed by atoms with Gasteiger partial charge in [-0.05, 0) is 36.4 Å². The maximum absolute atomic E-state index is 11.9. The number of halogens is 1. The fraction of sp³-hybridized carbons (Fsp3) is 0.222. The Kier molecular flexibility index (Phi) is 7.63. The van der Waals surface area contributed by atoms with Crippen LogP contribution in [0.1, 0.15) is 10.4 Å². The Labute approximate surface area is 155 Å². The molecule has 0 aliphatic rings. The zero-order chi connectivity index (χ0) is 18.1. The summed E-state index contributed by atoms with van der Waals surface area (Å²) in [4.78, 5) is 23.2. The maximum Gasteiger partial charge on any atom is 0.337 e. The lowest BCUT2D eigenvalue weighted by molar-refractivity contribution is -0.113. The summed E-state index contributed by atoms with van der Waals surface area (Å²) in [6, 6.07) is 13.8. The van der Waals surface area contributed by atoms with E-state index in [1.807, 2.05) is 12.1 Å². The molecule has 7 heteroatoms. The normalized spacial score (nSPS) is 10.2. The van der Waals surface area contributed by atoms with E-state index in [0.717, 1.165) is 0 Å². The number of amides is 1. The number of methoxy groups -OCH3 is 1.